The van der Waals surface area contributed by atoms with Gasteiger partial charge < -0.3 is 9.30 Å². The van der Waals surface area contributed by atoms with E-state index in [0.717, 1.165) is 13.0 Å². The molecule has 210 valence electrons. The standard InChI is InChI=1S/C35H55NOSi/c1-26-25-31-29(27-19-21-28(22-20-27)33(2,3)4)17-16-18-30(31)32(26)38(11)36(34(5,6)7)23-14-12-13-15-24-37-35(8,9)10/h16-22,25,32,38H,12-15,23-24H2,1-11H3. The van der Waals surface area contributed by atoms with E-state index in [-0.39, 0.29) is 16.6 Å². The highest BCUT2D eigenvalue weighted by Crippen LogP contribution is 2.44. The van der Waals surface area contributed by atoms with Gasteiger partial charge in [0.15, 0.2) is 0 Å². The van der Waals surface area contributed by atoms with Crippen molar-refractivity contribution in [3.8, 4) is 11.1 Å². The molecule has 0 bridgehead atoms. The van der Waals surface area contributed by atoms with Crippen molar-refractivity contribution in [1.82, 2.24) is 4.57 Å². The van der Waals surface area contributed by atoms with Gasteiger partial charge in [0.25, 0.3) is 0 Å². The molecule has 0 radical (unpaired) electrons. The van der Waals surface area contributed by atoms with Gasteiger partial charge >= 0.3 is 0 Å². The Morgan fingerprint density at radius 1 is 0.816 bits per heavy atom. The quantitative estimate of drug-likeness (QED) is 0.223. The molecule has 3 rings (SSSR count). The summed E-state index contributed by atoms with van der Waals surface area (Å²) in [6, 6.07) is 16.3. The Hall–Kier alpha value is -1.68. The minimum absolute atomic E-state index is 0.0250. The summed E-state index contributed by atoms with van der Waals surface area (Å²) in [5.74, 6) is 0. The van der Waals surface area contributed by atoms with Crippen molar-refractivity contribution >= 4 is 15.0 Å². The number of ether oxygens (including phenoxy) is 1. The fourth-order valence-electron chi connectivity index (χ4n) is 6.07. The first-order chi connectivity index (χ1) is 17.6. The molecule has 2 nitrogen and oxygen atoms in total. The van der Waals surface area contributed by atoms with Gasteiger partial charge in [0.1, 0.15) is 8.96 Å². The smallest absolute Gasteiger partial charge is 0.120 e. The lowest BCUT2D eigenvalue weighted by Gasteiger charge is -2.43. The van der Waals surface area contributed by atoms with E-state index in [1.54, 1.807) is 11.1 Å². The molecule has 2 unspecified atom stereocenters. The Bertz CT molecular complexity index is 1080. The van der Waals surface area contributed by atoms with Crippen molar-refractivity contribution in [3.63, 3.8) is 0 Å². The van der Waals surface area contributed by atoms with Crippen molar-refractivity contribution in [2.24, 2.45) is 0 Å². The number of rotatable bonds is 10. The molecule has 0 heterocycles. The zero-order valence-corrected chi connectivity index (χ0v) is 27.5. The molecule has 0 amide bonds. The summed E-state index contributed by atoms with van der Waals surface area (Å²) in [5.41, 5.74) is 9.55. The van der Waals surface area contributed by atoms with Crippen LogP contribution in [0.2, 0.25) is 6.55 Å². The monoisotopic (exact) mass is 533 g/mol. The van der Waals surface area contributed by atoms with Crippen LogP contribution in [0.3, 0.4) is 0 Å². The molecular weight excluding hydrogens is 478 g/mol. The highest BCUT2D eigenvalue weighted by Gasteiger charge is 2.37. The summed E-state index contributed by atoms with van der Waals surface area (Å²) in [7, 11) is -1.28. The molecule has 0 N–H and O–H groups in total. The Kier molecular flexibility index (Phi) is 9.93. The summed E-state index contributed by atoms with van der Waals surface area (Å²) in [4.78, 5) is 0. The van der Waals surface area contributed by atoms with Crippen molar-refractivity contribution in [2.75, 3.05) is 13.2 Å². The molecule has 1 aliphatic carbocycles. The van der Waals surface area contributed by atoms with Crippen LogP contribution in [0.5, 0.6) is 0 Å². The number of benzene rings is 2. The normalized spacial score (nSPS) is 17.1. The number of nitrogens with zero attached hydrogens (tertiary/aromatic N) is 1. The number of allylic oxidation sites excluding steroid dienone is 1. The number of hydrogen-bond donors (Lipinski definition) is 0. The van der Waals surface area contributed by atoms with Crippen LogP contribution >= 0.6 is 0 Å². The summed E-state index contributed by atoms with van der Waals surface area (Å²) >= 11 is 0. The largest absolute Gasteiger partial charge is 0.376 e. The van der Waals surface area contributed by atoms with Gasteiger partial charge in [-0.3, -0.25) is 0 Å². The lowest BCUT2D eigenvalue weighted by atomic mass is 9.86. The molecule has 0 saturated carbocycles. The fraction of sp³-hybridized carbons (Fsp3) is 0.600. The minimum Gasteiger partial charge on any atom is -0.376 e. The number of fused-ring (bicyclic) bond motifs is 1. The predicted molar refractivity (Wildman–Crippen MR) is 171 cm³/mol. The number of hydrogen-bond acceptors (Lipinski definition) is 2. The van der Waals surface area contributed by atoms with Gasteiger partial charge in [-0.15, -0.1) is 0 Å². The van der Waals surface area contributed by atoms with E-state index < -0.39 is 8.96 Å². The molecule has 0 aromatic heterocycles. The molecule has 0 aliphatic heterocycles. The Morgan fingerprint density at radius 2 is 1.45 bits per heavy atom. The van der Waals surface area contributed by atoms with Gasteiger partial charge in [-0.25, -0.2) is 0 Å². The van der Waals surface area contributed by atoms with E-state index in [0.29, 0.717) is 5.54 Å². The average Bonchev–Trinajstić information content (AvgIpc) is 3.14. The highest BCUT2D eigenvalue weighted by molar-refractivity contribution is 6.57. The van der Waals surface area contributed by atoms with Crippen molar-refractivity contribution in [1.29, 1.82) is 0 Å². The zero-order valence-electron chi connectivity index (χ0n) is 26.4. The van der Waals surface area contributed by atoms with Crippen molar-refractivity contribution < 1.29 is 4.74 Å². The second kappa shape index (κ2) is 12.2. The summed E-state index contributed by atoms with van der Waals surface area (Å²) < 4.78 is 8.80. The summed E-state index contributed by atoms with van der Waals surface area (Å²) in [6.07, 6.45) is 7.47. The third-order valence-corrected chi connectivity index (χ3v) is 11.9. The molecular formula is C35H55NOSi. The van der Waals surface area contributed by atoms with E-state index >= 15 is 0 Å². The van der Waals surface area contributed by atoms with Gasteiger partial charge in [0, 0.05) is 17.7 Å². The topological polar surface area (TPSA) is 12.5 Å². The van der Waals surface area contributed by atoms with Crippen LogP contribution in [0.1, 0.15) is 117 Å². The first-order valence-corrected chi connectivity index (χ1v) is 17.3. The van der Waals surface area contributed by atoms with E-state index in [2.05, 4.69) is 129 Å². The SMILES string of the molecule is CC1=Cc2c(-c3ccc(C(C)(C)C)cc3)cccc2C1[SiH](C)N(CCCCCCOC(C)(C)C)C(C)(C)C. The third-order valence-electron chi connectivity index (χ3n) is 8.06. The first-order valence-electron chi connectivity index (χ1n) is 14.9. The molecule has 38 heavy (non-hydrogen) atoms. The van der Waals surface area contributed by atoms with Crippen LogP contribution in [-0.4, -0.2) is 37.8 Å². The van der Waals surface area contributed by atoms with Crippen LogP contribution in [0.4, 0.5) is 0 Å². The van der Waals surface area contributed by atoms with Gasteiger partial charge in [-0.05, 0) is 101 Å². The van der Waals surface area contributed by atoms with Crippen LogP contribution < -0.4 is 0 Å². The second-order valence-corrected chi connectivity index (χ2v) is 17.3. The van der Waals surface area contributed by atoms with Crippen LogP contribution in [0, 0.1) is 0 Å². The first kappa shape index (κ1) is 30.9. The molecule has 2 aromatic rings. The van der Waals surface area contributed by atoms with Crippen molar-refractivity contribution in [3.05, 3.63) is 64.7 Å². The number of unbranched alkanes of at least 4 members (excludes halogenated alkanes) is 3. The molecule has 1 aliphatic rings. The third kappa shape index (κ3) is 7.93. The predicted octanol–water partition coefficient (Wildman–Crippen LogP) is 9.52. The highest BCUT2D eigenvalue weighted by atomic mass is 28.3. The summed E-state index contributed by atoms with van der Waals surface area (Å²) in [5, 5.41) is 0. The Balaban J connectivity index is 1.74. The second-order valence-electron chi connectivity index (χ2n) is 14.5. The lowest BCUT2D eigenvalue weighted by molar-refractivity contribution is -0.00479. The van der Waals surface area contributed by atoms with Crippen molar-refractivity contribution in [2.45, 2.75) is 124 Å². The lowest BCUT2D eigenvalue weighted by Crippen LogP contribution is -2.52. The maximum Gasteiger partial charge on any atom is 0.120 e. The Labute approximate surface area is 236 Å². The minimum atomic E-state index is -1.28. The van der Waals surface area contributed by atoms with Gasteiger partial charge in [-0.2, -0.15) is 0 Å². The Morgan fingerprint density at radius 3 is 2.03 bits per heavy atom. The molecule has 0 saturated heterocycles. The fourth-order valence-corrected chi connectivity index (χ4v) is 9.91. The van der Waals surface area contributed by atoms with E-state index in [1.165, 1.54) is 48.1 Å². The van der Waals surface area contributed by atoms with Gasteiger partial charge in [0.05, 0.1) is 5.60 Å². The van der Waals surface area contributed by atoms with Gasteiger partial charge in [0.2, 0.25) is 0 Å². The molecule has 2 aromatic carbocycles. The maximum atomic E-state index is 5.91. The average molecular weight is 534 g/mol. The van der Waals surface area contributed by atoms with E-state index in [4.69, 9.17) is 4.74 Å². The zero-order chi connectivity index (χ0) is 28.3. The molecule has 2 atom stereocenters. The summed E-state index contributed by atoms with van der Waals surface area (Å²) in [6.45, 7) is 27.6. The van der Waals surface area contributed by atoms with E-state index in [9.17, 15) is 0 Å². The molecule has 0 spiro atoms. The molecule has 0 fully saturated rings. The molecule has 3 heteroatoms. The van der Waals surface area contributed by atoms with Crippen LogP contribution in [-0.2, 0) is 10.2 Å². The van der Waals surface area contributed by atoms with Crippen LogP contribution in [0.25, 0.3) is 17.2 Å². The van der Waals surface area contributed by atoms with Gasteiger partial charge in [-0.1, -0.05) is 94.3 Å². The van der Waals surface area contributed by atoms with Crippen LogP contribution in [0.15, 0.2) is 48.0 Å². The maximum absolute atomic E-state index is 5.91. The van der Waals surface area contributed by atoms with E-state index in [1.807, 2.05) is 0 Å².